The molecule has 0 spiro atoms. The molecule has 10 nitrogen and oxygen atoms in total. The standard InChI is InChI=1S/C18H20N4O6/c1-10(20-15(24)11-7-5-4-6-8-11)17(26)28-9-12(23)13-14(19)21(2)18(27)22(3)16(13)25/h4-8,10H,9,19H2,1-3H3,(H,20,24)/t10-/m0/s1. The van der Waals surface area contributed by atoms with Crippen molar-refractivity contribution < 1.29 is 19.1 Å². The molecule has 28 heavy (non-hydrogen) atoms. The molecule has 0 bridgehead atoms. The fourth-order valence-corrected chi connectivity index (χ4v) is 2.38. The summed E-state index contributed by atoms with van der Waals surface area (Å²) >= 11 is 0. The summed E-state index contributed by atoms with van der Waals surface area (Å²) in [4.78, 5) is 60.3. The van der Waals surface area contributed by atoms with Crippen LogP contribution < -0.4 is 22.3 Å². The number of hydrogen-bond acceptors (Lipinski definition) is 7. The largest absolute Gasteiger partial charge is 0.456 e. The van der Waals surface area contributed by atoms with Crippen molar-refractivity contribution in [3.05, 3.63) is 62.3 Å². The van der Waals surface area contributed by atoms with Gasteiger partial charge in [0.25, 0.3) is 11.5 Å². The molecule has 0 aliphatic carbocycles. The molecule has 2 rings (SSSR count). The van der Waals surface area contributed by atoms with Crippen LogP contribution >= 0.6 is 0 Å². The number of carbonyl (C=O) groups excluding carboxylic acids is 3. The van der Waals surface area contributed by atoms with Crippen LogP contribution in [0.4, 0.5) is 5.82 Å². The number of nitrogens with one attached hydrogen (secondary N) is 1. The molecule has 1 aromatic carbocycles. The van der Waals surface area contributed by atoms with E-state index in [2.05, 4.69) is 5.32 Å². The van der Waals surface area contributed by atoms with Crippen molar-refractivity contribution in [2.75, 3.05) is 12.3 Å². The van der Waals surface area contributed by atoms with E-state index in [0.717, 1.165) is 9.13 Å². The second-order valence-corrected chi connectivity index (χ2v) is 6.06. The van der Waals surface area contributed by atoms with Gasteiger partial charge in [0.15, 0.2) is 6.61 Å². The van der Waals surface area contributed by atoms with Crippen LogP contribution in [0.3, 0.4) is 0 Å². The number of ketones is 1. The first-order chi connectivity index (χ1) is 13.1. The lowest BCUT2D eigenvalue weighted by molar-refractivity contribution is -0.144. The maximum absolute atomic E-state index is 12.3. The Balaban J connectivity index is 2.05. The SMILES string of the molecule is C[C@H](NC(=O)c1ccccc1)C(=O)OCC(=O)c1c(N)n(C)c(=O)n(C)c1=O. The average molecular weight is 388 g/mol. The number of nitrogens with two attached hydrogens (primary N) is 1. The molecule has 0 radical (unpaired) electrons. The lowest BCUT2D eigenvalue weighted by Gasteiger charge is -2.14. The van der Waals surface area contributed by atoms with E-state index in [0.29, 0.717) is 5.56 Å². The summed E-state index contributed by atoms with van der Waals surface area (Å²) in [6.07, 6.45) is 0. The quantitative estimate of drug-likeness (QED) is 0.488. The van der Waals surface area contributed by atoms with Crippen LogP contribution in [-0.2, 0) is 23.6 Å². The fourth-order valence-electron chi connectivity index (χ4n) is 2.38. The Morgan fingerprint density at radius 3 is 2.32 bits per heavy atom. The van der Waals surface area contributed by atoms with Gasteiger partial charge in [0.05, 0.1) is 0 Å². The first-order valence-electron chi connectivity index (χ1n) is 8.26. The summed E-state index contributed by atoms with van der Waals surface area (Å²) in [6.45, 7) is 0.634. The molecule has 1 aromatic heterocycles. The second kappa shape index (κ2) is 8.33. The van der Waals surface area contributed by atoms with Gasteiger partial charge in [-0.2, -0.15) is 0 Å². The van der Waals surface area contributed by atoms with E-state index < -0.39 is 47.1 Å². The van der Waals surface area contributed by atoms with Gasteiger partial charge in [-0.25, -0.2) is 9.59 Å². The summed E-state index contributed by atoms with van der Waals surface area (Å²) < 4.78 is 6.56. The molecule has 3 N–H and O–H groups in total. The van der Waals surface area contributed by atoms with E-state index >= 15 is 0 Å². The molecule has 2 aromatic rings. The van der Waals surface area contributed by atoms with Gasteiger partial charge >= 0.3 is 11.7 Å². The highest BCUT2D eigenvalue weighted by molar-refractivity contribution is 6.01. The minimum atomic E-state index is -1.03. The van der Waals surface area contributed by atoms with E-state index in [1.54, 1.807) is 30.3 Å². The molecule has 0 aliphatic heterocycles. The Hall–Kier alpha value is -3.69. The van der Waals surface area contributed by atoms with Crippen LogP contribution in [0.2, 0.25) is 0 Å². The van der Waals surface area contributed by atoms with Gasteiger partial charge in [0.2, 0.25) is 5.78 Å². The normalized spacial score (nSPS) is 11.5. The number of esters is 1. The van der Waals surface area contributed by atoms with Crippen molar-refractivity contribution in [3.63, 3.8) is 0 Å². The summed E-state index contributed by atoms with van der Waals surface area (Å²) in [7, 11) is 2.51. The number of anilines is 1. The van der Waals surface area contributed by atoms with Crippen molar-refractivity contribution in [1.29, 1.82) is 0 Å². The highest BCUT2D eigenvalue weighted by atomic mass is 16.5. The zero-order valence-electron chi connectivity index (χ0n) is 15.6. The third kappa shape index (κ3) is 4.17. The third-order valence-corrected chi connectivity index (χ3v) is 4.07. The van der Waals surface area contributed by atoms with E-state index in [9.17, 15) is 24.0 Å². The molecule has 10 heteroatoms. The molecule has 1 atom stereocenters. The Kier molecular flexibility index (Phi) is 6.14. The molecule has 0 unspecified atom stereocenters. The molecule has 148 valence electrons. The van der Waals surface area contributed by atoms with E-state index in [4.69, 9.17) is 10.5 Å². The van der Waals surface area contributed by atoms with E-state index in [1.807, 2.05) is 0 Å². The highest BCUT2D eigenvalue weighted by Gasteiger charge is 2.23. The number of Topliss-reactive ketones (excluding diaryl/α,β-unsaturated/α-hetero) is 1. The van der Waals surface area contributed by atoms with Crippen molar-refractivity contribution in [1.82, 2.24) is 14.5 Å². The predicted molar refractivity (Wildman–Crippen MR) is 100.0 cm³/mol. The number of amides is 1. The van der Waals surface area contributed by atoms with Gasteiger partial charge in [-0.1, -0.05) is 18.2 Å². The average Bonchev–Trinajstić information content (AvgIpc) is 2.69. The van der Waals surface area contributed by atoms with Crippen LogP contribution in [0.25, 0.3) is 0 Å². The van der Waals surface area contributed by atoms with Gasteiger partial charge in [0.1, 0.15) is 17.4 Å². The van der Waals surface area contributed by atoms with Crippen LogP contribution in [0.15, 0.2) is 39.9 Å². The number of ether oxygens (including phenoxy) is 1. The summed E-state index contributed by atoms with van der Waals surface area (Å²) in [6, 6.07) is 7.23. The monoisotopic (exact) mass is 388 g/mol. The fraction of sp³-hybridized carbons (Fsp3) is 0.278. The molecule has 0 saturated carbocycles. The first kappa shape index (κ1) is 20.6. The van der Waals surface area contributed by atoms with Crippen molar-refractivity contribution in [2.45, 2.75) is 13.0 Å². The summed E-state index contributed by atoms with van der Waals surface area (Å²) in [5, 5.41) is 2.45. The Morgan fingerprint density at radius 1 is 1.11 bits per heavy atom. The van der Waals surface area contributed by atoms with Crippen LogP contribution in [-0.4, -0.2) is 39.4 Å². The predicted octanol–water partition coefficient (Wildman–Crippen LogP) is -0.789. The molecular formula is C18H20N4O6. The van der Waals surface area contributed by atoms with E-state index in [-0.39, 0.29) is 5.82 Å². The molecule has 1 heterocycles. The minimum absolute atomic E-state index is 0.320. The molecule has 0 fully saturated rings. The molecule has 0 aliphatic rings. The van der Waals surface area contributed by atoms with Gasteiger partial charge in [-0.05, 0) is 19.1 Å². The minimum Gasteiger partial charge on any atom is -0.456 e. The van der Waals surface area contributed by atoms with Gasteiger partial charge in [0, 0.05) is 19.7 Å². The van der Waals surface area contributed by atoms with Crippen LogP contribution in [0, 0.1) is 0 Å². The topological polar surface area (TPSA) is 142 Å². The van der Waals surface area contributed by atoms with Crippen LogP contribution in [0.5, 0.6) is 0 Å². The smallest absolute Gasteiger partial charge is 0.332 e. The lowest BCUT2D eigenvalue weighted by Crippen LogP contribution is -2.43. The lowest BCUT2D eigenvalue weighted by atomic mass is 10.2. The first-order valence-corrected chi connectivity index (χ1v) is 8.26. The second-order valence-electron chi connectivity index (χ2n) is 6.06. The summed E-state index contributed by atoms with van der Waals surface area (Å²) in [5.74, 6) is -2.52. The number of aromatic nitrogens is 2. The summed E-state index contributed by atoms with van der Waals surface area (Å²) in [5.41, 5.74) is 4.03. The maximum Gasteiger partial charge on any atom is 0.332 e. The maximum atomic E-state index is 12.3. The number of nitrogen functional groups attached to an aromatic ring is 1. The molecule has 1 amide bonds. The number of hydrogen-bond donors (Lipinski definition) is 2. The zero-order valence-corrected chi connectivity index (χ0v) is 15.6. The van der Waals surface area contributed by atoms with Gasteiger partial charge in [-0.3, -0.25) is 23.5 Å². The molecule has 0 saturated heterocycles. The Labute approximate surface area is 159 Å². The van der Waals surface area contributed by atoms with Gasteiger partial charge < -0.3 is 15.8 Å². The highest BCUT2D eigenvalue weighted by Crippen LogP contribution is 2.05. The number of rotatable bonds is 6. The van der Waals surface area contributed by atoms with Crippen molar-refractivity contribution in [3.8, 4) is 0 Å². The molecular weight excluding hydrogens is 368 g/mol. The number of carbonyl (C=O) groups is 3. The number of nitrogens with zero attached hydrogens (tertiary/aromatic N) is 2. The van der Waals surface area contributed by atoms with Crippen molar-refractivity contribution >= 4 is 23.5 Å². The van der Waals surface area contributed by atoms with Gasteiger partial charge in [-0.15, -0.1) is 0 Å². The zero-order chi connectivity index (χ0) is 21.0. The number of benzene rings is 1. The Morgan fingerprint density at radius 2 is 1.71 bits per heavy atom. The Bertz CT molecular complexity index is 1040. The van der Waals surface area contributed by atoms with Crippen LogP contribution in [0.1, 0.15) is 27.6 Å². The van der Waals surface area contributed by atoms with E-state index in [1.165, 1.54) is 21.0 Å². The van der Waals surface area contributed by atoms with Crippen molar-refractivity contribution in [2.24, 2.45) is 14.1 Å². The third-order valence-electron chi connectivity index (χ3n) is 4.07.